The van der Waals surface area contributed by atoms with Gasteiger partial charge < -0.3 is 5.32 Å². The maximum Gasteiger partial charge on any atom is 0.256 e. The zero-order valence-electron chi connectivity index (χ0n) is 11.4. The molecule has 0 unspecified atom stereocenters. The molecule has 6 nitrogen and oxygen atoms in total. The molecule has 1 N–H and O–H groups in total. The lowest BCUT2D eigenvalue weighted by Crippen LogP contribution is -2.07. The molecule has 3 aromatic rings. The van der Waals surface area contributed by atoms with Gasteiger partial charge in [0, 0.05) is 18.1 Å². The van der Waals surface area contributed by atoms with Gasteiger partial charge in [-0.2, -0.15) is 20.1 Å². The molecule has 0 spiro atoms. The molecule has 0 saturated carbocycles. The van der Waals surface area contributed by atoms with Crippen LogP contribution in [0.5, 0.6) is 0 Å². The van der Waals surface area contributed by atoms with E-state index < -0.39 is 0 Å². The Morgan fingerprint density at radius 2 is 2.00 bits per heavy atom. The van der Waals surface area contributed by atoms with Crippen LogP contribution in [0.25, 0.3) is 5.95 Å². The largest absolute Gasteiger partial charge is 0.324 e. The van der Waals surface area contributed by atoms with Crippen molar-refractivity contribution >= 4 is 23.2 Å². The Hall–Kier alpha value is -2.47. The van der Waals surface area contributed by atoms with Crippen LogP contribution in [0, 0.1) is 0 Å². The number of halogens is 1. The predicted molar refractivity (Wildman–Crippen MR) is 81.1 cm³/mol. The van der Waals surface area contributed by atoms with Gasteiger partial charge in [-0.05, 0) is 35.7 Å². The van der Waals surface area contributed by atoms with E-state index in [9.17, 15) is 0 Å². The van der Waals surface area contributed by atoms with Crippen molar-refractivity contribution in [1.29, 1.82) is 0 Å². The van der Waals surface area contributed by atoms with E-state index in [-0.39, 0.29) is 5.28 Å². The van der Waals surface area contributed by atoms with Crippen LogP contribution in [0.3, 0.4) is 0 Å². The lowest BCUT2D eigenvalue weighted by Gasteiger charge is -2.10. The highest BCUT2D eigenvalue weighted by molar-refractivity contribution is 6.28. The van der Waals surface area contributed by atoms with Gasteiger partial charge in [0.05, 0.1) is 0 Å². The maximum atomic E-state index is 5.96. The number of nitrogens with one attached hydrogen (secondary N) is 1. The highest BCUT2D eigenvalue weighted by Gasteiger charge is 2.08. The van der Waals surface area contributed by atoms with Crippen molar-refractivity contribution in [3.05, 3.63) is 53.6 Å². The molecular formula is C14H13ClN6. The summed E-state index contributed by atoms with van der Waals surface area (Å²) in [6.07, 6.45) is 4.31. The molecule has 0 amide bonds. The van der Waals surface area contributed by atoms with E-state index in [1.54, 1.807) is 18.5 Å². The summed E-state index contributed by atoms with van der Waals surface area (Å²) in [4.78, 5) is 12.5. The highest BCUT2D eigenvalue weighted by atomic mass is 35.5. The van der Waals surface area contributed by atoms with Gasteiger partial charge in [0.25, 0.3) is 5.95 Å². The van der Waals surface area contributed by atoms with E-state index in [1.807, 2.05) is 18.2 Å². The van der Waals surface area contributed by atoms with Crippen LogP contribution in [0.1, 0.15) is 12.5 Å². The van der Waals surface area contributed by atoms with Crippen molar-refractivity contribution in [2.45, 2.75) is 13.3 Å². The Kier molecular flexibility index (Phi) is 3.79. The van der Waals surface area contributed by atoms with Crippen LogP contribution in [-0.4, -0.2) is 24.7 Å². The van der Waals surface area contributed by atoms with Crippen LogP contribution in [0.15, 0.2) is 42.7 Å². The number of hydrogen-bond donors (Lipinski definition) is 1. The Morgan fingerprint density at radius 1 is 1.14 bits per heavy atom. The van der Waals surface area contributed by atoms with Crippen molar-refractivity contribution in [2.75, 3.05) is 5.32 Å². The fourth-order valence-corrected chi connectivity index (χ4v) is 2.11. The maximum absolute atomic E-state index is 5.96. The van der Waals surface area contributed by atoms with Crippen LogP contribution in [0.2, 0.25) is 5.28 Å². The first-order chi connectivity index (χ1) is 10.3. The van der Waals surface area contributed by atoms with Crippen molar-refractivity contribution in [1.82, 2.24) is 24.7 Å². The average Bonchev–Trinajstić information content (AvgIpc) is 3.01. The smallest absolute Gasteiger partial charge is 0.256 e. The first-order valence-corrected chi connectivity index (χ1v) is 6.90. The van der Waals surface area contributed by atoms with Crippen LogP contribution < -0.4 is 5.32 Å². The third-order valence-electron chi connectivity index (χ3n) is 2.95. The second-order valence-electron chi connectivity index (χ2n) is 4.31. The van der Waals surface area contributed by atoms with Crippen molar-refractivity contribution in [2.24, 2.45) is 0 Å². The Labute approximate surface area is 126 Å². The molecule has 106 valence electrons. The predicted octanol–water partition coefficient (Wildman–Crippen LogP) is 3.02. The van der Waals surface area contributed by atoms with Gasteiger partial charge in [0.1, 0.15) is 0 Å². The van der Waals surface area contributed by atoms with E-state index in [0.717, 1.165) is 12.1 Å². The van der Waals surface area contributed by atoms with Gasteiger partial charge in [-0.3, -0.25) is 0 Å². The molecule has 0 saturated heterocycles. The molecule has 0 atom stereocenters. The standard InChI is InChI=1S/C14H13ClN6/c1-2-10-6-3-4-7-11(10)17-13-18-12(15)19-14(20-13)21-9-5-8-16-21/h3-9H,2H2,1H3,(H,17,18,19,20). The number of anilines is 2. The van der Waals surface area contributed by atoms with Gasteiger partial charge in [-0.25, -0.2) is 4.68 Å². The monoisotopic (exact) mass is 300 g/mol. The molecule has 0 bridgehead atoms. The van der Waals surface area contributed by atoms with E-state index >= 15 is 0 Å². The summed E-state index contributed by atoms with van der Waals surface area (Å²) < 4.78 is 1.53. The van der Waals surface area contributed by atoms with Gasteiger partial charge in [-0.1, -0.05) is 25.1 Å². The Morgan fingerprint density at radius 3 is 2.76 bits per heavy atom. The number of nitrogens with zero attached hydrogens (tertiary/aromatic N) is 5. The molecule has 0 aliphatic rings. The van der Waals surface area contributed by atoms with E-state index in [4.69, 9.17) is 11.6 Å². The third kappa shape index (κ3) is 3.00. The Balaban J connectivity index is 1.96. The van der Waals surface area contributed by atoms with Crippen molar-refractivity contribution in [3.8, 4) is 5.95 Å². The molecular weight excluding hydrogens is 288 g/mol. The molecule has 0 fully saturated rings. The first kappa shape index (κ1) is 13.5. The molecule has 21 heavy (non-hydrogen) atoms. The third-order valence-corrected chi connectivity index (χ3v) is 3.12. The second kappa shape index (κ2) is 5.88. The molecule has 3 rings (SSSR count). The minimum atomic E-state index is 0.118. The fraction of sp³-hybridized carbons (Fsp3) is 0.143. The number of para-hydroxylation sites is 1. The number of rotatable bonds is 4. The molecule has 1 aromatic carbocycles. The van der Waals surface area contributed by atoms with Crippen LogP contribution in [-0.2, 0) is 6.42 Å². The molecule has 0 radical (unpaired) electrons. The quantitative estimate of drug-likeness (QED) is 0.802. The summed E-state index contributed by atoms with van der Waals surface area (Å²) in [6.45, 7) is 2.09. The summed E-state index contributed by atoms with van der Waals surface area (Å²) in [5.41, 5.74) is 2.13. The topological polar surface area (TPSA) is 68.5 Å². The van der Waals surface area contributed by atoms with Gasteiger partial charge >= 0.3 is 0 Å². The summed E-state index contributed by atoms with van der Waals surface area (Å²) in [5, 5.41) is 7.38. The molecule has 2 heterocycles. The number of aromatic nitrogens is 5. The fourth-order valence-electron chi connectivity index (χ4n) is 1.96. The van der Waals surface area contributed by atoms with Crippen molar-refractivity contribution in [3.63, 3.8) is 0 Å². The normalized spacial score (nSPS) is 10.6. The lowest BCUT2D eigenvalue weighted by atomic mass is 10.1. The van der Waals surface area contributed by atoms with Crippen molar-refractivity contribution < 1.29 is 0 Å². The van der Waals surface area contributed by atoms with E-state index in [2.05, 4.69) is 38.4 Å². The van der Waals surface area contributed by atoms with Gasteiger partial charge in [-0.15, -0.1) is 0 Å². The summed E-state index contributed by atoms with van der Waals surface area (Å²) in [6, 6.07) is 9.78. The number of aryl methyl sites for hydroxylation is 1. The van der Waals surface area contributed by atoms with Gasteiger partial charge in [0.2, 0.25) is 11.2 Å². The lowest BCUT2D eigenvalue weighted by molar-refractivity contribution is 0.798. The zero-order valence-corrected chi connectivity index (χ0v) is 12.1. The minimum Gasteiger partial charge on any atom is -0.324 e. The zero-order chi connectivity index (χ0) is 14.7. The van der Waals surface area contributed by atoms with E-state index in [0.29, 0.717) is 11.9 Å². The average molecular weight is 301 g/mol. The number of benzene rings is 1. The minimum absolute atomic E-state index is 0.118. The second-order valence-corrected chi connectivity index (χ2v) is 4.65. The summed E-state index contributed by atoms with van der Waals surface area (Å²) >= 11 is 5.96. The Bertz CT molecular complexity index is 741. The molecule has 0 aliphatic carbocycles. The highest BCUT2D eigenvalue weighted by Crippen LogP contribution is 2.20. The first-order valence-electron chi connectivity index (χ1n) is 6.53. The molecule has 2 aromatic heterocycles. The molecule has 0 aliphatic heterocycles. The summed E-state index contributed by atoms with van der Waals surface area (Å²) in [5.74, 6) is 0.762. The SMILES string of the molecule is CCc1ccccc1Nc1nc(Cl)nc(-n2cccn2)n1. The number of hydrogen-bond acceptors (Lipinski definition) is 5. The van der Waals surface area contributed by atoms with Crippen LogP contribution in [0.4, 0.5) is 11.6 Å². The van der Waals surface area contributed by atoms with Gasteiger partial charge in [0.15, 0.2) is 0 Å². The summed E-state index contributed by atoms with van der Waals surface area (Å²) in [7, 11) is 0. The molecule has 7 heteroatoms. The van der Waals surface area contributed by atoms with Crippen LogP contribution >= 0.6 is 11.6 Å². The van der Waals surface area contributed by atoms with E-state index in [1.165, 1.54) is 10.2 Å².